The van der Waals surface area contributed by atoms with Crippen LogP contribution in [0.1, 0.15) is 24.0 Å². The van der Waals surface area contributed by atoms with E-state index >= 15 is 0 Å². The number of thiophene rings is 1. The average Bonchev–Trinajstić information content (AvgIpc) is 3.24. The lowest BCUT2D eigenvalue weighted by atomic mass is 10.2. The molecule has 0 spiro atoms. The zero-order valence-electron chi connectivity index (χ0n) is 12.9. The van der Waals surface area contributed by atoms with E-state index in [4.69, 9.17) is 4.74 Å². The largest absolute Gasteiger partial charge is 0.491 e. The molecule has 1 aliphatic carbocycles. The van der Waals surface area contributed by atoms with Gasteiger partial charge in [-0.15, -0.1) is 0 Å². The Morgan fingerprint density at radius 3 is 2.82 bits per heavy atom. The van der Waals surface area contributed by atoms with E-state index in [0.717, 1.165) is 17.9 Å². The molecule has 1 saturated carbocycles. The molecular formula is C18H23NO2S. The number of rotatable bonds is 8. The van der Waals surface area contributed by atoms with Gasteiger partial charge >= 0.3 is 0 Å². The maximum absolute atomic E-state index is 10.3. The minimum absolute atomic E-state index is 0.345. The predicted octanol–water partition coefficient (Wildman–Crippen LogP) is 3.46. The Labute approximate surface area is 136 Å². The maximum Gasteiger partial charge on any atom is 0.122 e. The number of hydrogen-bond donors (Lipinski definition) is 1. The van der Waals surface area contributed by atoms with E-state index < -0.39 is 6.10 Å². The Bertz CT molecular complexity index is 581. The zero-order chi connectivity index (χ0) is 15.4. The molecule has 0 saturated heterocycles. The van der Waals surface area contributed by atoms with Crippen molar-refractivity contribution < 1.29 is 9.84 Å². The molecule has 0 radical (unpaired) electrons. The molecule has 3 rings (SSSR count). The topological polar surface area (TPSA) is 32.7 Å². The summed E-state index contributed by atoms with van der Waals surface area (Å²) in [6, 6.07) is 10.7. The third kappa shape index (κ3) is 4.32. The SMILES string of the molecule is Cc1ccccc1OC[C@H](O)CN(Cc1ccsc1)C1CC1. The van der Waals surface area contributed by atoms with Gasteiger partial charge in [-0.3, -0.25) is 4.90 Å². The molecule has 1 aromatic heterocycles. The molecule has 2 aromatic rings. The van der Waals surface area contributed by atoms with Crippen molar-refractivity contribution in [2.45, 2.75) is 38.5 Å². The van der Waals surface area contributed by atoms with Gasteiger partial charge in [0.25, 0.3) is 0 Å². The van der Waals surface area contributed by atoms with Gasteiger partial charge in [0.2, 0.25) is 0 Å². The van der Waals surface area contributed by atoms with Gasteiger partial charge in [0.15, 0.2) is 0 Å². The standard InChI is InChI=1S/C18H23NO2S/c1-14-4-2-3-5-18(14)21-12-17(20)11-19(16-6-7-16)10-15-8-9-22-13-15/h2-5,8-9,13,16-17,20H,6-7,10-12H2,1H3/t17-/m1/s1. The number of hydrogen-bond acceptors (Lipinski definition) is 4. The molecule has 3 nitrogen and oxygen atoms in total. The van der Waals surface area contributed by atoms with Crippen LogP contribution < -0.4 is 4.74 Å². The molecule has 0 aliphatic heterocycles. The van der Waals surface area contributed by atoms with Gasteiger partial charge in [0.1, 0.15) is 18.5 Å². The first-order chi connectivity index (χ1) is 10.7. The molecule has 0 amide bonds. The summed E-state index contributed by atoms with van der Waals surface area (Å²) < 4.78 is 5.76. The van der Waals surface area contributed by atoms with Crippen LogP contribution in [0.15, 0.2) is 41.1 Å². The van der Waals surface area contributed by atoms with Crippen molar-refractivity contribution in [2.24, 2.45) is 0 Å². The highest BCUT2D eigenvalue weighted by atomic mass is 32.1. The first kappa shape index (κ1) is 15.5. The number of ether oxygens (including phenoxy) is 1. The Hall–Kier alpha value is -1.36. The Morgan fingerprint density at radius 1 is 1.32 bits per heavy atom. The molecule has 1 aliphatic rings. The molecule has 1 fully saturated rings. The van der Waals surface area contributed by atoms with Gasteiger partial charge in [0, 0.05) is 19.1 Å². The van der Waals surface area contributed by atoms with Crippen LogP contribution in [0.5, 0.6) is 5.75 Å². The van der Waals surface area contributed by atoms with Crippen LogP contribution in [0.2, 0.25) is 0 Å². The summed E-state index contributed by atoms with van der Waals surface area (Å²) in [6.07, 6.45) is 2.03. The van der Waals surface area contributed by atoms with Crippen LogP contribution in [0.4, 0.5) is 0 Å². The van der Waals surface area contributed by atoms with E-state index in [1.165, 1.54) is 18.4 Å². The smallest absolute Gasteiger partial charge is 0.122 e. The van der Waals surface area contributed by atoms with Crippen molar-refractivity contribution in [3.8, 4) is 5.75 Å². The maximum atomic E-state index is 10.3. The predicted molar refractivity (Wildman–Crippen MR) is 90.4 cm³/mol. The molecule has 1 atom stereocenters. The normalized spacial score (nSPS) is 16.0. The van der Waals surface area contributed by atoms with Gasteiger partial charge in [-0.25, -0.2) is 0 Å². The summed E-state index contributed by atoms with van der Waals surface area (Å²) in [5, 5.41) is 14.6. The molecule has 1 N–H and O–H groups in total. The monoisotopic (exact) mass is 317 g/mol. The quantitative estimate of drug-likeness (QED) is 0.809. The van der Waals surface area contributed by atoms with Crippen molar-refractivity contribution >= 4 is 11.3 Å². The summed E-state index contributed by atoms with van der Waals surface area (Å²) in [4.78, 5) is 2.38. The lowest BCUT2D eigenvalue weighted by molar-refractivity contribution is 0.0624. The fourth-order valence-corrected chi connectivity index (χ4v) is 3.29. The highest BCUT2D eigenvalue weighted by molar-refractivity contribution is 7.07. The first-order valence-electron chi connectivity index (χ1n) is 7.84. The second-order valence-electron chi connectivity index (χ2n) is 6.02. The van der Waals surface area contributed by atoms with Crippen molar-refractivity contribution in [2.75, 3.05) is 13.2 Å². The summed E-state index contributed by atoms with van der Waals surface area (Å²) in [6.45, 7) is 3.97. The Morgan fingerprint density at radius 2 is 2.14 bits per heavy atom. The van der Waals surface area contributed by atoms with Gasteiger partial charge in [-0.2, -0.15) is 11.3 Å². The summed E-state index contributed by atoms with van der Waals surface area (Å²) in [7, 11) is 0. The Balaban J connectivity index is 1.51. The Kier molecular flexibility index (Phi) is 5.13. The number of para-hydroxylation sites is 1. The van der Waals surface area contributed by atoms with E-state index in [1.54, 1.807) is 11.3 Å². The summed E-state index contributed by atoms with van der Waals surface area (Å²) >= 11 is 1.73. The molecule has 22 heavy (non-hydrogen) atoms. The fraction of sp³-hybridized carbons (Fsp3) is 0.444. The van der Waals surface area contributed by atoms with Crippen LogP contribution in [-0.4, -0.2) is 35.3 Å². The van der Waals surface area contributed by atoms with Crippen molar-refractivity contribution in [3.05, 3.63) is 52.2 Å². The third-order valence-corrected chi connectivity index (χ3v) is 4.73. The number of aliphatic hydroxyl groups excluding tert-OH is 1. The van der Waals surface area contributed by atoms with E-state index in [2.05, 4.69) is 21.7 Å². The van der Waals surface area contributed by atoms with Crippen molar-refractivity contribution in [1.29, 1.82) is 0 Å². The van der Waals surface area contributed by atoms with Crippen molar-refractivity contribution in [1.82, 2.24) is 4.90 Å². The van der Waals surface area contributed by atoms with Gasteiger partial charge in [-0.1, -0.05) is 18.2 Å². The van der Waals surface area contributed by atoms with Crippen LogP contribution in [0.25, 0.3) is 0 Å². The molecule has 0 unspecified atom stereocenters. The van der Waals surface area contributed by atoms with Crippen LogP contribution >= 0.6 is 11.3 Å². The lowest BCUT2D eigenvalue weighted by Gasteiger charge is -2.24. The average molecular weight is 317 g/mol. The molecular weight excluding hydrogens is 294 g/mol. The summed E-state index contributed by atoms with van der Waals surface area (Å²) in [5.74, 6) is 0.859. The highest BCUT2D eigenvalue weighted by Gasteiger charge is 2.30. The molecule has 4 heteroatoms. The van der Waals surface area contributed by atoms with Gasteiger partial charge < -0.3 is 9.84 Å². The number of nitrogens with zero attached hydrogens (tertiary/aromatic N) is 1. The lowest BCUT2D eigenvalue weighted by Crippen LogP contribution is -2.36. The van der Waals surface area contributed by atoms with Crippen LogP contribution in [-0.2, 0) is 6.54 Å². The number of aryl methyl sites for hydroxylation is 1. The second-order valence-corrected chi connectivity index (χ2v) is 6.80. The van der Waals surface area contributed by atoms with Crippen LogP contribution in [0.3, 0.4) is 0 Å². The molecule has 1 heterocycles. The van der Waals surface area contributed by atoms with E-state index in [-0.39, 0.29) is 0 Å². The summed E-state index contributed by atoms with van der Waals surface area (Å²) in [5.41, 5.74) is 2.44. The molecule has 118 valence electrons. The van der Waals surface area contributed by atoms with E-state index in [1.807, 2.05) is 31.2 Å². The van der Waals surface area contributed by atoms with Gasteiger partial charge in [-0.05, 0) is 53.8 Å². The minimum atomic E-state index is -0.459. The van der Waals surface area contributed by atoms with Crippen molar-refractivity contribution in [3.63, 3.8) is 0 Å². The fourth-order valence-electron chi connectivity index (χ4n) is 2.63. The molecule has 1 aromatic carbocycles. The van der Waals surface area contributed by atoms with E-state index in [9.17, 15) is 5.11 Å². The van der Waals surface area contributed by atoms with Gasteiger partial charge in [0.05, 0.1) is 0 Å². The van der Waals surface area contributed by atoms with E-state index in [0.29, 0.717) is 19.2 Å². The third-order valence-electron chi connectivity index (χ3n) is 4.00. The highest BCUT2D eigenvalue weighted by Crippen LogP contribution is 2.29. The molecule has 0 bridgehead atoms. The minimum Gasteiger partial charge on any atom is -0.491 e. The van der Waals surface area contributed by atoms with Crippen LogP contribution in [0, 0.1) is 6.92 Å². The zero-order valence-corrected chi connectivity index (χ0v) is 13.8. The number of benzene rings is 1. The second kappa shape index (κ2) is 7.27. The first-order valence-corrected chi connectivity index (χ1v) is 8.78. The number of aliphatic hydroxyl groups is 1.